The van der Waals surface area contributed by atoms with E-state index in [4.69, 9.17) is 10.5 Å². The molecule has 2 rings (SSSR count). The van der Waals surface area contributed by atoms with E-state index in [1.54, 1.807) is 19.2 Å². The van der Waals surface area contributed by atoms with Crippen molar-refractivity contribution in [1.29, 1.82) is 0 Å². The van der Waals surface area contributed by atoms with Crippen LogP contribution in [0.5, 0.6) is 11.6 Å². The Balaban J connectivity index is 2.35. The van der Waals surface area contributed by atoms with Crippen LogP contribution in [0, 0.1) is 10.1 Å². The number of aryl methyl sites for hydroxylation is 2. The Hall–Kier alpha value is -2.41. The predicted molar refractivity (Wildman–Crippen MR) is 78.3 cm³/mol. The van der Waals surface area contributed by atoms with Crippen molar-refractivity contribution in [2.75, 3.05) is 0 Å². The monoisotopic (exact) mass is 290 g/mol. The first-order valence-corrected chi connectivity index (χ1v) is 6.74. The summed E-state index contributed by atoms with van der Waals surface area (Å²) in [5, 5.41) is 15.5. The molecule has 7 nitrogen and oxygen atoms in total. The summed E-state index contributed by atoms with van der Waals surface area (Å²) in [6, 6.07) is 7.12. The maximum absolute atomic E-state index is 11.3. The summed E-state index contributed by atoms with van der Waals surface area (Å²) in [6.45, 7) is 2.39. The third kappa shape index (κ3) is 3.19. The number of hydrogen-bond acceptors (Lipinski definition) is 5. The van der Waals surface area contributed by atoms with Crippen LogP contribution in [-0.4, -0.2) is 14.7 Å². The van der Waals surface area contributed by atoms with Crippen molar-refractivity contribution in [3.63, 3.8) is 0 Å². The number of aromatic nitrogens is 2. The zero-order valence-electron chi connectivity index (χ0n) is 12.1. The minimum absolute atomic E-state index is 0.0674. The number of nitrogens with zero attached hydrogens (tertiary/aromatic N) is 3. The van der Waals surface area contributed by atoms with Crippen LogP contribution < -0.4 is 10.5 Å². The van der Waals surface area contributed by atoms with Crippen molar-refractivity contribution in [1.82, 2.24) is 9.78 Å². The SMILES string of the molecule is CCCc1nn(C)c(Oc2ccc(CN)cc2)c1[N+](=O)[O-]. The van der Waals surface area contributed by atoms with Gasteiger partial charge in [0, 0.05) is 13.6 Å². The van der Waals surface area contributed by atoms with Crippen LogP contribution in [0.4, 0.5) is 5.69 Å². The fourth-order valence-corrected chi connectivity index (χ4v) is 2.06. The molecule has 0 spiro atoms. The first-order chi connectivity index (χ1) is 10.1. The molecule has 0 unspecified atom stereocenters. The van der Waals surface area contributed by atoms with E-state index in [1.165, 1.54) is 4.68 Å². The normalized spacial score (nSPS) is 10.6. The maximum Gasteiger partial charge on any atom is 0.353 e. The summed E-state index contributed by atoms with van der Waals surface area (Å²) in [7, 11) is 1.63. The highest BCUT2D eigenvalue weighted by atomic mass is 16.6. The molecule has 21 heavy (non-hydrogen) atoms. The standard InChI is InChI=1S/C14H18N4O3/c1-3-4-12-13(18(19)20)14(17(2)16-12)21-11-7-5-10(9-15)6-8-11/h5-8H,3-4,9,15H2,1-2H3. The highest BCUT2D eigenvalue weighted by molar-refractivity contribution is 5.48. The van der Waals surface area contributed by atoms with E-state index in [0.29, 0.717) is 24.4 Å². The molecule has 1 heterocycles. The van der Waals surface area contributed by atoms with Gasteiger partial charge in [-0.3, -0.25) is 10.1 Å². The lowest BCUT2D eigenvalue weighted by Gasteiger charge is -2.05. The highest BCUT2D eigenvalue weighted by Crippen LogP contribution is 2.34. The van der Waals surface area contributed by atoms with E-state index in [9.17, 15) is 10.1 Å². The van der Waals surface area contributed by atoms with E-state index in [1.807, 2.05) is 19.1 Å². The number of hydrogen-bond donors (Lipinski definition) is 1. The van der Waals surface area contributed by atoms with Gasteiger partial charge in [-0.05, 0) is 24.1 Å². The minimum Gasteiger partial charge on any atom is -0.434 e. The first kappa shape index (κ1) is 15.0. The van der Waals surface area contributed by atoms with Gasteiger partial charge in [-0.25, -0.2) is 4.68 Å². The number of nitro groups is 1. The summed E-state index contributed by atoms with van der Waals surface area (Å²) in [6.07, 6.45) is 1.32. The van der Waals surface area contributed by atoms with Gasteiger partial charge in [-0.2, -0.15) is 5.10 Å². The van der Waals surface area contributed by atoms with Crippen molar-refractivity contribution in [2.45, 2.75) is 26.3 Å². The summed E-state index contributed by atoms with van der Waals surface area (Å²) >= 11 is 0. The van der Waals surface area contributed by atoms with Crippen molar-refractivity contribution < 1.29 is 9.66 Å². The van der Waals surface area contributed by atoms with Gasteiger partial charge in [-0.1, -0.05) is 25.5 Å². The fraction of sp³-hybridized carbons (Fsp3) is 0.357. The molecule has 2 N–H and O–H groups in total. The van der Waals surface area contributed by atoms with Gasteiger partial charge in [0.1, 0.15) is 11.4 Å². The lowest BCUT2D eigenvalue weighted by molar-refractivity contribution is -0.386. The van der Waals surface area contributed by atoms with Gasteiger partial charge in [-0.15, -0.1) is 0 Å². The minimum atomic E-state index is -0.443. The van der Waals surface area contributed by atoms with Gasteiger partial charge < -0.3 is 10.5 Å². The van der Waals surface area contributed by atoms with Gasteiger partial charge in [0.15, 0.2) is 0 Å². The van der Waals surface area contributed by atoms with Crippen molar-refractivity contribution in [2.24, 2.45) is 12.8 Å². The van der Waals surface area contributed by atoms with Crippen LogP contribution in [0.15, 0.2) is 24.3 Å². The molecule has 7 heteroatoms. The van der Waals surface area contributed by atoms with Crippen LogP contribution >= 0.6 is 0 Å². The topological polar surface area (TPSA) is 96.2 Å². The molecule has 0 atom stereocenters. The number of ether oxygens (including phenoxy) is 1. The highest BCUT2D eigenvalue weighted by Gasteiger charge is 2.28. The molecule has 2 aromatic rings. The van der Waals surface area contributed by atoms with Gasteiger partial charge in [0.2, 0.25) is 0 Å². The lowest BCUT2D eigenvalue weighted by Crippen LogP contribution is -1.98. The predicted octanol–water partition coefficient (Wildman–Crippen LogP) is 2.53. The zero-order valence-corrected chi connectivity index (χ0v) is 12.1. The molecular weight excluding hydrogens is 272 g/mol. The molecule has 0 bridgehead atoms. The van der Waals surface area contributed by atoms with E-state index >= 15 is 0 Å². The average Bonchev–Trinajstić information content (AvgIpc) is 2.76. The lowest BCUT2D eigenvalue weighted by atomic mass is 10.2. The van der Waals surface area contributed by atoms with Crippen molar-refractivity contribution >= 4 is 5.69 Å². The van der Waals surface area contributed by atoms with Crippen LogP contribution in [-0.2, 0) is 20.0 Å². The Morgan fingerprint density at radius 2 is 2.05 bits per heavy atom. The molecule has 1 aromatic heterocycles. The molecule has 0 aliphatic heterocycles. The third-order valence-corrected chi connectivity index (χ3v) is 3.08. The van der Waals surface area contributed by atoms with Gasteiger partial charge >= 0.3 is 5.69 Å². The van der Waals surface area contributed by atoms with Crippen LogP contribution in [0.25, 0.3) is 0 Å². The second kappa shape index (κ2) is 6.36. The third-order valence-electron chi connectivity index (χ3n) is 3.08. The Labute approximate surface area is 122 Å². The van der Waals surface area contributed by atoms with Crippen LogP contribution in [0.3, 0.4) is 0 Å². The Morgan fingerprint density at radius 1 is 1.38 bits per heavy atom. The quantitative estimate of drug-likeness (QED) is 0.651. The second-order valence-electron chi connectivity index (χ2n) is 4.68. The molecule has 0 amide bonds. The summed E-state index contributed by atoms with van der Waals surface area (Å²) in [5.74, 6) is 0.658. The number of rotatable bonds is 6. The Morgan fingerprint density at radius 3 is 2.57 bits per heavy atom. The molecule has 112 valence electrons. The van der Waals surface area contributed by atoms with E-state index in [2.05, 4.69) is 5.10 Å². The van der Waals surface area contributed by atoms with Crippen LogP contribution in [0.2, 0.25) is 0 Å². The maximum atomic E-state index is 11.3. The van der Waals surface area contributed by atoms with E-state index in [-0.39, 0.29) is 11.6 Å². The molecule has 0 saturated heterocycles. The van der Waals surface area contributed by atoms with Gasteiger partial charge in [0.25, 0.3) is 5.88 Å². The summed E-state index contributed by atoms with van der Waals surface area (Å²) < 4.78 is 7.05. The first-order valence-electron chi connectivity index (χ1n) is 6.74. The van der Waals surface area contributed by atoms with Crippen molar-refractivity contribution in [3.05, 3.63) is 45.6 Å². The summed E-state index contributed by atoms with van der Waals surface area (Å²) in [5.41, 5.74) is 6.87. The van der Waals surface area contributed by atoms with E-state index in [0.717, 1.165) is 12.0 Å². The molecule has 0 aliphatic carbocycles. The molecule has 1 aromatic carbocycles. The molecule has 0 radical (unpaired) electrons. The number of benzene rings is 1. The molecular formula is C14H18N4O3. The zero-order chi connectivity index (χ0) is 15.4. The van der Waals surface area contributed by atoms with Crippen LogP contribution in [0.1, 0.15) is 24.6 Å². The average molecular weight is 290 g/mol. The van der Waals surface area contributed by atoms with Gasteiger partial charge in [0.05, 0.1) is 4.92 Å². The van der Waals surface area contributed by atoms with Crippen molar-refractivity contribution in [3.8, 4) is 11.6 Å². The molecule has 0 saturated carbocycles. The smallest absolute Gasteiger partial charge is 0.353 e. The largest absolute Gasteiger partial charge is 0.434 e. The fourth-order valence-electron chi connectivity index (χ4n) is 2.06. The summed E-state index contributed by atoms with van der Waals surface area (Å²) in [4.78, 5) is 10.8. The Bertz CT molecular complexity index is 634. The molecule has 0 fully saturated rings. The Kier molecular flexibility index (Phi) is 4.54. The number of nitrogens with two attached hydrogens (primary N) is 1. The molecule has 0 aliphatic rings. The van der Waals surface area contributed by atoms with E-state index < -0.39 is 4.92 Å². The second-order valence-corrected chi connectivity index (χ2v) is 4.68.